The van der Waals surface area contributed by atoms with E-state index in [2.05, 4.69) is 10.2 Å². The largest absolute Gasteiger partial charge is 0.494 e. The van der Waals surface area contributed by atoms with Gasteiger partial charge in [-0.25, -0.2) is 4.79 Å². The first-order valence-electron chi connectivity index (χ1n) is 4.11. The monoisotopic (exact) mass is 226 g/mol. The van der Waals surface area contributed by atoms with Gasteiger partial charge in [0.1, 0.15) is 5.56 Å². The first-order valence-corrected chi connectivity index (χ1v) is 4.11. The molecule has 0 saturated heterocycles. The van der Waals surface area contributed by atoms with Crippen molar-refractivity contribution < 1.29 is 5.11 Å². The van der Waals surface area contributed by atoms with Crippen LogP contribution in [0, 0.1) is 0 Å². The minimum Gasteiger partial charge on any atom is -0.494 e. The van der Waals surface area contributed by atoms with Crippen molar-refractivity contribution in [3.8, 4) is 5.88 Å². The van der Waals surface area contributed by atoms with Crippen LogP contribution in [0.1, 0.15) is 12.5 Å². The lowest BCUT2D eigenvalue weighted by molar-refractivity contribution is 0.447. The number of hydrogen-bond acceptors (Lipinski definition) is 5. The van der Waals surface area contributed by atoms with Gasteiger partial charge >= 0.3 is 5.69 Å². The molecular formula is C7H10N6O3. The summed E-state index contributed by atoms with van der Waals surface area (Å²) >= 11 is 0. The van der Waals surface area contributed by atoms with E-state index in [1.807, 2.05) is 9.97 Å². The molecule has 86 valence electrons. The minimum absolute atomic E-state index is 0.0587. The highest BCUT2D eigenvalue weighted by Gasteiger charge is 2.11. The highest BCUT2D eigenvalue weighted by Crippen LogP contribution is 2.06. The van der Waals surface area contributed by atoms with Crippen molar-refractivity contribution in [2.45, 2.75) is 6.92 Å². The predicted octanol–water partition coefficient (Wildman–Crippen LogP) is -2.23. The molecule has 0 unspecified atom stereocenters. The van der Waals surface area contributed by atoms with Crippen LogP contribution in [-0.2, 0) is 0 Å². The zero-order valence-electron chi connectivity index (χ0n) is 8.31. The molecule has 1 aromatic heterocycles. The molecule has 0 spiro atoms. The van der Waals surface area contributed by atoms with Crippen LogP contribution in [0.3, 0.4) is 0 Å². The van der Waals surface area contributed by atoms with Gasteiger partial charge < -0.3 is 16.6 Å². The molecule has 16 heavy (non-hydrogen) atoms. The molecule has 1 heterocycles. The third kappa shape index (κ3) is 2.47. The molecule has 0 bridgehead atoms. The van der Waals surface area contributed by atoms with Crippen molar-refractivity contribution in [2.75, 3.05) is 0 Å². The number of nitrogens with one attached hydrogen (secondary N) is 2. The molecule has 9 heteroatoms. The molecule has 1 rings (SSSR count). The molecule has 0 aromatic carbocycles. The van der Waals surface area contributed by atoms with Crippen LogP contribution in [-0.4, -0.2) is 26.7 Å². The third-order valence-electron chi connectivity index (χ3n) is 1.60. The summed E-state index contributed by atoms with van der Waals surface area (Å²) in [6, 6.07) is 0. The van der Waals surface area contributed by atoms with E-state index in [4.69, 9.17) is 11.5 Å². The smallest absolute Gasteiger partial charge is 0.328 e. The van der Waals surface area contributed by atoms with E-state index >= 15 is 0 Å². The van der Waals surface area contributed by atoms with Crippen LogP contribution in [0.5, 0.6) is 5.88 Å². The Kier molecular flexibility index (Phi) is 3.09. The summed E-state index contributed by atoms with van der Waals surface area (Å²) in [6.45, 7) is 1.40. The summed E-state index contributed by atoms with van der Waals surface area (Å²) in [5.74, 6) is -0.888. The topological polar surface area (TPSA) is 163 Å². The quantitative estimate of drug-likeness (QED) is 0.218. The van der Waals surface area contributed by atoms with E-state index in [-0.39, 0.29) is 17.2 Å². The van der Waals surface area contributed by atoms with Crippen LogP contribution in [0.2, 0.25) is 0 Å². The molecule has 7 N–H and O–H groups in total. The first-order chi connectivity index (χ1) is 7.41. The number of hydrogen-bond donors (Lipinski definition) is 5. The SMILES string of the molecule is C/C(=N\N=C(N)N)c1c(O)[nH]c(=O)[nH]c1=O. The first kappa shape index (κ1) is 11.5. The molecule has 0 amide bonds. The van der Waals surface area contributed by atoms with E-state index in [0.717, 1.165) is 0 Å². The normalized spacial score (nSPS) is 11.2. The summed E-state index contributed by atoms with van der Waals surface area (Å²) in [7, 11) is 0. The fraction of sp³-hybridized carbons (Fsp3) is 0.143. The van der Waals surface area contributed by atoms with Crippen molar-refractivity contribution in [3.05, 3.63) is 26.4 Å². The summed E-state index contributed by atoms with van der Waals surface area (Å²) < 4.78 is 0. The van der Waals surface area contributed by atoms with Crippen molar-refractivity contribution >= 4 is 11.7 Å². The number of aromatic nitrogens is 2. The van der Waals surface area contributed by atoms with E-state index in [9.17, 15) is 14.7 Å². The maximum Gasteiger partial charge on any atom is 0.328 e. The Labute approximate surface area is 88.5 Å². The number of nitrogens with zero attached hydrogens (tertiary/aromatic N) is 2. The molecule has 9 nitrogen and oxygen atoms in total. The molecule has 0 aliphatic heterocycles. The average molecular weight is 226 g/mol. The highest BCUT2D eigenvalue weighted by molar-refractivity contribution is 6.00. The Bertz CT molecular complexity index is 562. The molecule has 0 fully saturated rings. The summed E-state index contributed by atoms with van der Waals surface area (Å²) in [4.78, 5) is 26.0. The Morgan fingerprint density at radius 2 is 1.88 bits per heavy atom. The van der Waals surface area contributed by atoms with Crippen molar-refractivity contribution in [2.24, 2.45) is 21.7 Å². The number of H-pyrrole nitrogens is 2. The van der Waals surface area contributed by atoms with Gasteiger partial charge in [-0.1, -0.05) is 0 Å². The van der Waals surface area contributed by atoms with Gasteiger partial charge in [0.2, 0.25) is 11.8 Å². The second-order valence-corrected chi connectivity index (χ2v) is 2.84. The molecule has 1 aromatic rings. The number of aromatic amines is 2. The van der Waals surface area contributed by atoms with Crippen LogP contribution in [0.25, 0.3) is 0 Å². The zero-order valence-corrected chi connectivity index (χ0v) is 8.31. The molecule has 0 radical (unpaired) electrons. The summed E-state index contributed by atoms with van der Waals surface area (Å²) in [6.07, 6.45) is 0. The van der Waals surface area contributed by atoms with E-state index in [0.29, 0.717) is 0 Å². The summed E-state index contributed by atoms with van der Waals surface area (Å²) in [5, 5.41) is 16.1. The standard InChI is InChI=1S/C7H10N6O3/c1-2(12-13-6(8)9)3-4(14)10-7(16)11-5(3)15/h1H3,(H4,8,9,13)(H3,10,11,14,15,16)/b12-2+. The van der Waals surface area contributed by atoms with Gasteiger partial charge in [-0.2, -0.15) is 5.10 Å². The highest BCUT2D eigenvalue weighted by atomic mass is 16.3. The summed E-state index contributed by atoms with van der Waals surface area (Å²) in [5.41, 5.74) is 8.32. The Morgan fingerprint density at radius 1 is 1.25 bits per heavy atom. The van der Waals surface area contributed by atoms with E-state index in [1.165, 1.54) is 6.92 Å². The van der Waals surface area contributed by atoms with Crippen LogP contribution >= 0.6 is 0 Å². The van der Waals surface area contributed by atoms with Crippen molar-refractivity contribution in [3.63, 3.8) is 0 Å². The molecule has 0 aliphatic carbocycles. The number of rotatable bonds is 2. The van der Waals surface area contributed by atoms with Crippen LogP contribution in [0.4, 0.5) is 0 Å². The maximum atomic E-state index is 11.3. The Morgan fingerprint density at radius 3 is 2.38 bits per heavy atom. The van der Waals surface area contributed by atoms with Crippen LogP contribution < -0.4 is 22.7 Å². The van der Waals surface area contributed by atoms with Crippen molar-refractivity contribution in [1.29, 1.82) is 0 Å². The average Bonchev–Trinajstić information content (AvgIpc) is 2.12. The van der Waals surface area contributed by atoms with Crippen molar-refractivity contribution in [1.82, 2.24) is 9.97 Å². The zero-order chi connectivity index (χ0) is 12.3. The third-order valence-corrected chi connectivity index (χ3v) is 1.60. The lowest BCUT2D eigenvalue weighted by atomic mass is 10.2. The number of guanidine groups is 1. The van der Waals surface area contributed by atoms with Gasteiger partial charge in [-0.05, 0) is 6.92 Å². The Balaban J connectivity index is 3.35. The molecule has 0 atom stereocenters. The molecular weight excluding hydrogens is 216 g/mol. The van der Waals surface area contributed by atoms with E-state index in [1.54, 1.807) is 0 Å². The Hall–Kier alpha value is -2.58. The number of nitrogens with two attached hydrogens (primary N) is 2. The fourth-order valence-corrected chi connectivity index (χ4v) is 0.993. The molecule has 0 saturated carbocycles. The second-order valence-electron chi connectivity index (χ2n) is 2.84. The lowest BCUT2D eigenvalue weighted by Crippen LogP contribution is -2.27. The number of aromatic hydroxyl groups is 1. The second kappa shape index (κ2) is 4.29. The fourth-order valence-electron chi connectivity index (χ4n) is 0.993. The predicted molar refractivity (Wildman–Crippen MR) is 57.4 cm³/mol. The van der Waals surface area contributed by atoms with Gasteiger partial charge in [0.25, 0.3) is 5.56 Å². The van der Waals surface area contributed by atoms with Gasteiger partial charge in [0.05, 0.1) is 5.71 Å². The van der Waals surface area contributed by atoms with Gasteiger partial charge in [-0.3, -0.25) is 14.8 Å². The van der Waals surface area contributed by atoms with Gasteiger partial charge in [0.15, 0.2) is 0 Å². The van der Waals surface area contributed by atoms with Gasteiger partial charge in [0, 0.05) is 0 Å². The van der Waals surface area contributed by atoms with E-state index < -0.39 is 17.1 Å². The maximum absolute atomic E-state index is 11.3. The lowest BCUT2D eigenvalue weighted by Gasteiger charge is -1.99. The molecule has 0 aliphatic rings. The van der Waals surface area contributed by atoms with Crippen LogP contribution in [0.15, 0.2) is 19.8 Å². The van der Waals surface area contributed by atoms with Gasteiger partial charge in [-0.15, -0.1) is 5.10 Å². The minimum atomic E-state index is -0.819.